The van der Waals surface area contributed by atoms with Crippen LogP contribution in [-0.2, 0) is 3.23 Å². The van der Waals surface area contributed by atoms with Crippen molar-refractivity contribution in [1.82, 2.24) is 0 Å². The SMILES string of the molecule is Brc1[c]ccc(C(Br)(Br)c2cc[c]cc2)c1Br. The molecule has 0 bridgehead atoms. The molecule has 0 fully saturated rings. The average Bonchev–Trinajstić information content (AvgIpc) is 2.33. The van der Waals surface area contributed by atoms with Gasteiger partial charge in [-0.05, 0) is 55.1 Å². The summed E-state index contributed by atoms with van der Waals surface area (Å²) in [5.41, 5.74) is 2.18. The molecule has 0 aliphatic rings. The van der Waals surface area contributed by atoms with Gasteiger partial charge in [0.1, 0.15) is 3.23 Å². The third-order valence-electron chi connectivity index (χ3n) is 2.31. The number of benzene rings is 2. The minimum absolute atomic E-state index is 0.425. The van der Waals surface area contributed by atoms with Crippen molar-refractivity contribution in [1.29, 1.82) is 0 Å². The van der Waals surface area contributed by atoms with Gasteiger partial charge < -0.3 is 0 Å². The third kappa shape index (κ3) is 2.86. The Bertz CT molecular complexity index is 520. The second-order valence-corrected chi connectivity index (χ2v) is 8.41. The van der Waals surface area contributed by atoms with Crippen LogP contribution in [0, 0.1) is 12.1 Å². The Hall–Kier alpha value is 0.360. The summed E-state index contributed by atoms with van der Waals surface area (Å²) in [4.78, 5) is 0. The van der Waals surface area contributed by atoms with E-state index < -0.39 is 3.23 Å². The van der Waals surface area contributed by atoms with Gasteiger partial charge in [0.15, 0.2) is 0 Å². The van der Waals surface area contributed by atoms with Gasteiger partial charge in [0.05, 0.1) is 0 Å². The molecular formula is C13H6Br4. The summed E-state index contributed by atoms with van der Waals surface area (Å²) in [5.74, 6) is 0. The summed E-state index contributed by atoms with van der Waals surface area (Å²) < 4.78 is 1.45. The van der Waals surface area contributed by atoms with E-state index in [9.17, 15) is 0 Å². The maximum absolute atomic E-state index is 3.72. The Morgan fingerprint density at radius 3 is 2.24 bits per heavy atom. The Morgan fingerprint density at radius 2 is 1.59 bits per heavy atom. The minimum atomic E-state index is -0.425. The zero-order valence-electron chi connectivity index (χ0n) is 8.48. The average molecular weight is 482 g/mol. The molecule has 0 atom stereocenters. The van der Waals surface area contributed by atoms with Crippen LogP contribution in [0.15, 0.2) is 45.3 Å². The molecule has 0 saturated carbocycles. The zero-order valence-corrected chi connectivity index (χ0v) is 14.8. The molecule has 0 N–H and O–H groups in total. The normalized spacial score (nSPS) is 11.5. The topological polar surface area (TPSA) is 0 Å². The molecule has 2 rings (SSSR count). The fourth-order valence-electron chi connectivity index (χ4n) is 1.45. The lowest BCUT2D eigenvalue weighted by atomic mass is 10.1. The highest BCUT2D eigenvalue weighted by Crippen LogP contribution is 2.48. The van der Waals surface area contributed by atoms with E-state index in [4.69, 9.17) is 0 Å². The first-order chi connectivity index (χ1) is 8.03. The predicted molar refractivity (Wildman–Crippen MR) is 84.6 cm³/mol. The van der Waals surface area contributed by atoms with Crippen LogP contribution < -0.4 is 0 Å². The fraction of sp³-hybridized carbons (Fsp3) is 0.0769. The van der Waals surface area contributed by atoms with Crippen LogP contribution in [0.25, 0.3) is 0 Å². The number of alkyl halides is 2. The lowest BCUT2D eigenvalue weighted by Crippen LogP contribution is -2.11. The highest BCUT2D eigenvalue weighted by Gasteiger charge is 2.30. The van der Waals surface area contributed by atoms with Crippen LogP contribution >= 0.6 is 63.7 Å². The van der Waals surface area contributed by atoms with Crippen molar-refractivity contribution in [2.75, 3.05) is 0 Å². The largest absolute Gasteiger partial charge is 0.131 e. The van der Waals surface area contributed by atoms with Crippen molar-refractivity contribution in [3.8, 4) is 0 Å². The monoisotopic (exact) mass is 478 g/mol. The van der Waals surface area contributed by atoms with Crippen LogP contribution in [0.3, 0.4) is 0 Å². The summed E-state index contributed by atoms with van der Waals surface area (Å²) in [6.45, 7) is 0. The van der Waals surface area contributed by atoms with Crippen LogP contribution in [0.4, 0.5) is 0 Å². The highest BCUT2D eigenvalue weighted by molar-refractivity contribution is 9.25. The Labute approximate surface area is 134 Å². The van der Waals surface area contributed by atoms with Gasteiger partial charge in [-0.2, -0.15) is 0 Å². The lowest BCUT2D eigenvalue weighted by Gasteiger charge is -2.23. The quantitative estimate of drug-likeness (QED) is 0.475. The lowest BCUT2D eigenvalue weighted by molar-refractivity contribution is 1.10. The van der Waals surface area contributed by atoms with Crippen LogP contribution in [0.2, 0.25) is 0 Å². The van der Waals surface area contributed by atoms with Gasteiger partial charge in [0.2, 0.25) is 0 Å². The molecule has 0 aliphatic carbocycles. The molecular weight excluding hydrogens is 476 g/mol. The summed E-state index contributed by atoms with van der Waals surface area (Å²) in [6.07, 6.45) is 0. The molecule has 0 saturated heterocycles. The van der Waals surface area contributed by atoms with Gasteiger partial charge in [-0.1, -0.05) is 68.3 Å². The maximum atomic E-state index is 3.72. The third-order valence-corrected chi connectivity index (χ3v) is 6.06. The van der Waals surface area contributed by atoms with E-state index >= 15 is 0 Å². The number of rotatable bonds is 2. The molecule has 2 aromatic rings. The van der Waals surface area contributed by atoms with Crippen molar-refractivity contribution < 1.29 is 0 Å². The summed E-state index contributed by atoms with van der Waals surface area (Å²) in [7, 11) is 0. The van der Waals surface area contributed by atoms with E-state index in [1.54, 1.807) is 0 Å². The van der Waals surface area contributed by atoms with Crippen LogP contribution in [-0.4, -0.2) is 0 Å². The summed E-state index contributed by atoms with van der Waals surface area (Å²) in [6, 6.07) is 17.8. The Balaban J connectivity index is 2.56. The molecule has 86 valence electrons. The second kappa shape index (κ2) is 5.55. The molecule has 2 aromatic carbocycles. The molecule has 0 nitrogen and oxygen atoms in total. The highest BCUT2D eigenvalue weighted by atomic mass is 79.9. The van der Waals surface area contributed by atoms with Crippen molar-refractivity contribution in [3.63, 3.8) is 0 Å². The van der Waals surface area contributed by atoms with E-state index in [0.717, 1.165) is 20.1 Å². The number of hydrogen-bond acceptors (Lipinski definition) is 0. The van der Waals surface area contributed by atoms with Gasteiger partial charge >= 0.3 is 0 Å². The molecule has 0 aliphatic heterocycles. The van der Waals surface area contributed by atoms with Crippen molar-refractivity contribution in [2.24, 2.45) is 0 Å². The van der Waals surface area contributed by atoms with Crippen LogP contribution in [0.5, 0.6) is 0 Å². The van der Waals surface area contributed by atoms with Crippen molar-refractivity contribution in [2.45, 2.75) is 3.23 Å². The van der Waals surface area contributed by atoms with Gasteiger partial charge in [0.25, 0.3) is 0 Å². The van der Waals surface area contributed by atoms with Gasteiger partial charge in [-0.3, -0.25) is 0 Å². The summed E-state index contributed by atoms with van der Waals surface area (Å²) >= 11 is 14.5. The van der Waals surface area contributed by atoms with E-state index in [1.165, 1.54) is 0 Å². The van der Waals surface area contributed by atoms with Crippen LogP contribution in [0.1, 0.15) is 11.1 Å². The Morgan fingerprint density at radius 1 is 0.941 bits per heavy atom. The first-order valence-corrected chi connectivity index (χ1v) is 7.91. The maximum Gasteiger partial charge on any atom is 0.131 e. The molecule has 0 heterocycles. The first-order valence-electron chi connectivity index (χ1n) is 4.74. The second-order valence-electron chi connectivity index (χ2n) is 3.38. The number of hydrogen-bond donors (Lipinski definition) is 0. The predicted octanol–water partition coefficient (Wildman–Crippen LogP) is 5.80. The van der Waals surface area contributed by atoms with E-state index in [1.807, 2.05) is 36.4 Å². The molecule has 0 unspecified atom stereocenters. The van der Waals surface area contributed by atoms with Gasteiger partial charge in [-0.25, -0.2) is 0 Å². The zero-order chi connectivity index (χ0) is 12.5. The van der Waals surface area contributed by atoms with Crippen molar-refractivity contribution >= 4 is 63.7 Å². The molecule has 17 heavy (non-hydrogen) atoms. The van der Waals surface area contributed by atoms with Gasteiger partial charge in [-0.15, -0.1) is 0 Å². The van der Waals surface area contributed by atoms with Crippen molar-refractivity contribution in [3.05, 3.63) is 68.6 Å². The van der Waals surface area contributed by atoms with E-state index in [2.05, 4.69) is 75.9 Å². The number of halogens is 4. The Kier molecular flexibility index (Phi) is 4.50. The smallest absolute Gasteiger partial charge is 0.0620 e. The fourth-order valence-corrected chi connectivity index (χ4v) is 4.06. The molecule has 0 amide bonds. The standard InChI is InChI=1S/C13H6Br4/c14-11-8-4-7-10(12(11)15)13(16,17)9-5-2-1-3-6-9/h2-7H. The van der Waals surface area contributed by atoms with E-state index in [-0.39, 0.29) is 0 Å². The minimum Gasteiger partial charge on any atom is -0.0620 e. The van der Waals surface area contributed by atoms with E-state index in [0.29, 0.717) is 0 Å². The molecule has 0 spiro atoms. The molecule has 0 aromatic heterocycles. The first kappa shape index (κ1) is 13.8. The molecule has 4 heteroatoms. The summed E-state index contributed by atoms with van der Waals surface area (Å²) in [5, 5.41) is 0. The van der Waals surface area contributed by atoms with Gasteiger partial charge in [0, 0.05) is 8.95 Å². The molecule has 2 radical (unpaired) electrons.